The fourth-order valence-corrected chi connectivity index (χ4v) is 3.52. The van der Waals surface area contributed by atoms with Crippen molar-refractivity contribution in [1.29, 1.82) is 0 Å². The summed E-state index contributed by atoms with van der Waals surface area (Å²) in [6.07, 6.45) is 0. The summed E-state index contributed by atoms with van der Waals surface area (Å²) in [6, 6.07) is 12.6. The number of hydrogen-bond acceptors (Lipinski definition) is 5. The third-order valence-electron chi connectivity index (χ3n) is 4.23. The number of sulfonamides is 1. The lowest BCUT2D eigenvalue weighted by Gasteiger charge is -2.11. The van der Waals surface area contributed by atoms with Crippen LogP contribution in [0.2, 0.25) is 0 Å². The second-order valence-electron chi connectivity index (χ2n) is 6.27. The quantitative estimate of drug-likeness (QED) is 0.651. The molecule has 9 heteroatoms. The maximum absolute atomic E-state index is 12.3. The Bertz CT molecular complexity index is 1150. The minimum absolute atomic E-state index is 0.0657. The number of benzene rings is 2. The van der Waals surface area contributed by atoms with E-state index in [9.17, 15) is 18.0 Å². The van der Waals surface area contributed by atoms with E-state index in [1.165, 1.54) is 38.4 Å². The van der Waals surface area contributed by atoms with E-state index >= 15 is 0 Å². The van der Waals surface area contributed by atoms with Gasteiger partial charge < -0.3 is 4.42 Å². The number of nitrogens with zero attached hydrogens (tertiary/aromatic N) is 1. The molecule has 0 spiro atoms. The first kappa shape index (κ1) is 19.6. The Morgan fingerprint density at radius 1 is 0.929 bits per heavy atom. The van der Waals surface area contributed by atoms with Crippen LogP contribution in [0.15, 0.2) is 57.8 Å². The van der Waals surface area contributed by atoms with Crippen LogP contribution in [-0.4, -0.2) is 38.6 Å². The van der Waals surface area contributed by atoms with Crippen LogP contribution in [0.25, 0.3) is 11.0 Å². The molecular weight excluding hydrogens is 382 g/mol. The number of furan rings is 1. The Labute approximate surface area is 162 Å². The first-order valence-electron chi connectivity index (χ1n) is 8.33. The largest absolute Gasteiger partial charge is 0.451 e. The molecule has 3 rings (SSSR count). The zero-order valence-electron chi connectivity index (χ0n) is 15.5. The molecule has 1 aromatic heterocycles. The molecule has 2 amide bonds. The SMILES string of the molecule is Cc1c(C(=O)NNC(=O)c2ccc(S(=O)(=O)N(C)C)cc2)oc2ccccc12. The summed E-state index contributed by atoms with van der Waals surface area (Å²) in [7, 11) is -0.735. The minimum Gasteiger partial charge on any atom is -0.451 e. The molecule has 8 nitrogen and oxygen atoms in total. The predicted molar refractivity (Wildman–Crippen MR) is 103 cm³/mol. The summed E-state index contributed by atoms with van der Waals surface area (Å²) in [4.78, 5) is 24.6. The van der Waals surface area contributed by atoms with Gasteiger partial charge in [-0.05, 0) is 37.3 Å². The number of para-hydroxylation sites is 1. The highest BCUT2D eigenvalue weighted by Gasteiger charge is 2.19. The summed E-state index contributed by atoms with van der Waals surface area (Å²) in [6.45, 7) is 1.76. The molecular formula is C19H19N3O5S. The van der Waals surface area contributed by atoms with Crippen LogP contribution >= 0.6 is 0 Å². The predicted octanol–water partition coefficient (Wildman–Crippen LogP) is 2.07. The average Bonchev–Trinajstić information content (AvgIpc) is 3.03. The summed E-state index contributed by atoms with van der Waals surface area (Å²) < 4.78 is 30.7. The Morgan fingerprint density at radius 2 is 1.54 bits per heavy atom. The lowest BCUT2D eigenvalue weighted by atomic mass is 10.1. The van der Waals surface area contributed by atoms with Crippen LogP contribution in [0.1, 0.15) is 26.5 Å². The standard InChI is InChI=1S/C19H19N3O5S/c1-12-15-6-4-5-7-16(15)27-17(12)19(24)21-20-18(23)13-8-10-14(11-9-13)28(25,26)22(2)3/h4-11H,1-3H3,(H,20,23)(H,21,24). The van der Waals surface area contributed by atoms with Crippen molar-refractivity contribution in [2.45, 2.75) is 11.8 Å². The van der Waals surface area contributed by atoms with Gasteiger partial charge in [0.25, 0.3) is 5.91 Å². The second kappa shape index (κ2) is 7.45. The van der Waals surface area contributed by atoms with E-state index in [4.69, 9.17) is 4.42 Å². The Balaban J connectivity index is 1.70. The van der Waals surface area contributed by atoms with Crippen molar-refractivity contribution < 1.29 is 22.4 Å². The van der Waals surface area contributed by atoms with E-state index < -0.39 is 21.8 Å². The van der Waals surface area contributed by atoms with E-state index in [0.29, 0.717) is 11.1 Å². The van der Waals surface area contributed by atoms with E-state index in [1.807, 2.05) is 12.1 Å². The number of nitrogens with one attached hydrogen (secondary N) is 2. The lowest BCUT2D eigenvalue weighted by Crippen LogP contribution is -2.41. The molecule has 0 aliphatic rings. The molecule has 0 unspecified atom stereocenters. The van der Waals surface area contributed by atoms with E-state index in [1.54, 1.807) is 19.1 Å². The number of amides is 2. The van der Waals surface area contributed by atoms with Gasteiger partial charge in [0.05, 0.1) is 4.90 Å². The fourth-order valence-electron chi connectivity index (χ4n) is 2.62. The highest BCUT2D eigenvalue weighted by Crippen LogP contribution is 2.24. The number of hydrazine groups is 1. The van der Waals surface area contributed by atoms with Gasteiger partial charge >= 0.3 is 5.91 Å². The van der Waals surface area contributed by atoms with Crippen molar-refractivity contribution in [3.8, 4) is 0 Å². The molecule has 146 valence electrons. The van der Waals surface area contributed by atoms with Crippen molar-refractivity contribution in [2.75, 3.05) is 14.1 Å². The molecule has 28 heavy (non-hydrogen) atoms. The van der Waals surface area contributed by atoms with Crippen LogP contribution < -0.4 is 10.9 Å². The number of carbonyl (C=O) groups excluding carboxylic acids is 2. The van der Waals surface area contributed by atoms with E-state index in [2.05, 4.69) is 10.9 Å². The molecule has 0 bridgehead atoms. The van der Waals surface area contributed by atoms with Gasteiger partial charge in [-0.3, -0.25) is 20.4 Å². The van der Waals surface area contributed by atoms with Gasteiger partial charge in [-0.1, -0.05) is 18.2 Å². The van der Waals surface area contributed by atoms with Crippen molar-refractivity contribution >= 4 is 32.8 Å². The first-order chi connectivity index (χ1) is 13.2. The van der Waals surface area contributed by atoms with Gasteiger partial charge in [-0.25, -0.2) is 12.7 Å². The molecule has 0 saturated carbocycles. The summed E-state index contributed by atoms with van der Waals surface area (Å²) in [5.41, 5.74) is 6.03. The molecule has 0 aliphatic heterocycles. The molecule has 0 aliphatic carbocycles. The Hall–Kier alpha value is -3.17. The first-order valence-corrected chi connectivity index (χ1v) is 9.77. The molecule has 2 aromatic carbocycles. The van der Waals surface area contributed by atoms with Crippen LogP contribution in [-0.2, 0) is 10.0 Å². The van der Waals surface area contributed by atoms with Gasteiger partial charge in [0.2, 0.25) is 10.0 Å². The maximum atomic E-state index is 12.3. The van der Waals surface area contributed by atoms with Gasteiger partial charge in [0, 0.05) is 30.6 Å². The monoisotopic (exact) mass is 401 g/mol. The number of hydrogen-bond donors (Lipinski definition) is 2. The van der Waals surface area contributed by atoms with Gasteiger partial charge in [-0.2, -0.15) is 0 Å². The zero-order chi connectivity index (χ0) is 20.5. The smallest absolute Gasteiger partial charge is 0.305 e. The van der Waals surface area contributed by atoms with Crippen molar-refractivity contribution in [3.05, 3.63) is 65.4 Å². The fraction of sp³-hybridized carbons (Fsp3) is 0.158. The van der Waals surface area contributed by atoms with Gasteiger partial charge in [0.1, 0.15) is 5.58 Å². The Morgan fingerprint density at radius 3 is 2.14 bits per heavy atom. The van der Waals surface area contributed by atoms with Crippen LogP contribution in [0.5, 0.6) is 0 Å². The third-order valence-corrected chi connectivity index (χ3v) is 6.06. The molecule has 2 N–H and O–H groups in total. The average molecular weight is 401 g/mol. The molecule has 3 aromatic rings. The van der Waals surface area contributed by atoms with E-state index in [-0.39, 0.29) is 16.2 Å². The summed E-state index contributed by atoms with van der Waals surface area (Å²) in [5, 5.41) is 0.816. The van der Waals surface area contributed by atoms with E-state index in [0.717, 1.165) is 9.69 Å². The number of rotatable bonds is 4. The van der Waals surface area contributed by atoms with Crippen molar-refractivity contribution in [3.63, 3.8) is 0 Å². The molecule has 0 radical (unpaired) electrons. The lowest BCUT2D eigenvalue weighted by molar-refractivity contribution is 0.0831. The second-order valence-corrected chi connectivity index (χ2v) is 8.42. The minimum atomic E-state index is -3.58. The van der Waals surface area contributed by atoms with Crippen LogP contribution in [0.3, 0.4) is 0 Å². The summed E-state index contributed by atoms with van der Waals surface area (Å²) in [5.74, 6) is -1.07. The molecule has 0 fully saturated rings. The highest BCUT2D eigenvalue weighted by atomic mass is 32.2. The number of aryl methyl sites for hydroxylation is 1. The van der Waals surface area contributed by atoms with Gasteiger partial charge in [-0.15, -0.1) is 0 Å². The van der Waals surface area contributed by atoms with Crippen LogP contribution in [0, 0.1) is 6.92 Å². The number of carbonyl (C=O) groups is 2. The van der Waals surface area contributed by atoms with Gasteiger partial charge in [0.15, 0.2) is 5.76 Å². The highest BCUT2D eigenvalue weighted by molar-refractivity contribution is 7.89. The number of fused-ring (bicyclic) bond motifs is 1. The Kier molecular flexibility index (Phi) is 5.21. The zero-order valence-corrected chi connectivity index (χ0v) is 16.3. The third kappa shape index (κ3) is 3.62. The van der Waals surface area contributed by atoms with Crippen molar-refractivity contribution in [1.82, 2.24) is 15.2 Å². The van der Waals surface area contributed by atoms with Crippen molar-refractivity contribution in [2.24, 2.45) is 0 Å². The molecule has 1 heterocycles. The topological polar surface area (TPSA) is 109 Å². The maximum Gasteiger partial charge on any atom is 0.305 e. The molecule has 0 saturated heterocycles. The van der Waals surface area contributed by atoms with Crippen LogP contribution in [0.4, 0.5) is 0 Å². The normalized spacial score (nSPS) is 11.6. The molecule has 0 atom stereocenters. The summed E-state index contributed by atoms with van der Waals surface area (Å²) >= 11 is 0.